The zero-order chi connectivity index (χ0) is 85.4. The van der Waals surface area contributed by atoms with Gasteiger partial charge in [-0.25, -0.2) is 9.97 Å². The number of methoxy groups -OCH3 is 3. The first-order valence-electron chi connectivity index (χ1n) is 41.7. The molecule has 24 nitrogen and oxygen atoms in total. The molecule has 6 unspecified atom stereocenters. The number of carbonyl (C=O) groups is 8. The number of piperidine rings is 2. The fourth-order valence-electron chi connectivity index (χ4n) is 15.7. The number of carboxylic acids is 2. The summed E-state index contributed by atoms with van der Waals surface area (Å²) < 4.78 is 28.6. The monoisotopic (exact) mass is 1650 g/mol. The maximum atomic E-state index is 15.1. The van der Waals surface area contributed by atoms with Gasteiger partial charge in [-0.2, -0.15) is 0 Å². The average Bonchev–Trinajstić information content (AvgIpc) is 1.61. The lowest BCUT2D eigenvalue weighted by Crippen LogP contribution is -2.49. The Hall–Kier alpha value is -8.34. The van der Waals surface area contributed by atoms with Crippen LogP contribution in [-0.4, -0.2) is 190 Å². The number of benzene rings is 4. The second-order valence-corrected chi connectivity index (χ2v) is 34.6. The van der Waals surface area contributed by atoms with E-state index in [-0.39, 0.29) is 128 Å². The molecule has 5 N–H and O–H groups in total. The molecule has 8 rings (SSSR count). The number of amides is 4. The van der Waals surface area contributed by atoms with Gasteiger partial charge in [-0.1, -0.05) is 180 Å². The van der Waals surface area contributed by atoms with Gasteiger partial charge in [0.2, 0.25) is 11.8 Å². The van der Waals surface area contributed by atoms with Gasteiger partial charge in [0.1, 0.15) is 58.7 Å². The number of phenols is 1. The van der Waals surface area contributed by atoms with Crippen molar-refractivity contribution in [2.24, 2.45) is 47.3 Å². The molecule has 14 atom stereocenters. The number of nitrogens with zero attached hydrogens (tertiary/aromatic N) is 6. The number of aliphatic carboxylic acids is 2. The minimum Gasteiger partial charge on any atom is -0.508 e. The van der Waals surface area contributed by atoms with Crippen LogP contribution in [0.25, 0.3) is 0 Å². The minimum atomic E-state index is -0.961. The second-order valence-electron chi connectivity index (χ2n) is 32.8. The van der Waals surface area contributed by atoms with E-state index in [9.17, 15) is 44.1 Å². The van der Waals surface area contributed by atoms with Crippen LogP contribution in [0.3, 0.4) is 0 Å². The molecule has 0 aliphatic carbocycles. The first-order chi connectivity index (χ1) is 56.0. The number of thiazole rings is 2. The van der Waals surface area contributed by atoms with Crippen LogP contribution in [0.15, 0.2) is 120 Å². The van der Waals surface area contributed by atoms with Crippen molar-refractivity contribution >= 4 is 69.8 Å². The molecular formula is C91H130N8O16S2. The van der Waals surface area contributed by atoms with Gasteiger partial charge in [-0.15, -0.1) is 22.7 Å². The van der Waals surface area contributed by atoms with Crippen LogP contribution in [0, 0.1) is 47.3 Å². The number of nitrogens with one attached hydrogen (secondary N) is 2. The average molecular weight is 1660 g/mol. The molecule has 117 heavy (non-hydrogen) atoms. The number of hydrogen-bond acceptors (Lipinski definition) is 20. The standard InChI is InChI=1S/C46H66N4O8S.C45H64N4O8S/c1-9-31(4)37(25-41(51)39-17-13-14-22-49(39)6)45(53)50(27-34-15-11-10-12-16-34)40(30(2)3)26-42(58-29-56-7)44-48-38(28-59-44)43(52)47-35(23-32(5)46(54)55)24-33-18-20-36(57-8)21-19-33;1-8-30(4)36(24-40(51)38-16-12-13-21-48(38)6)44(53)49(26-33-14-10-9-11-15-33)39(29(2)3)25-41(57-28-56-7)43-47-37(27-58-43)42(52)46-34(22-31(5)45(54)55)23-32-17-19-35(50)20-18-32/h10-12,15-16,18-21,28,30-32,35,37,39-40,42H,9,13-14,17,22-27,29H2,1-8H3,(H,47,52)(H,54,55);9-11,14-15,17-20,27,29-31,34,36,38-39,41,50H,8,12-13,16,21-26,28H2,1-7H3,(H,46,52)(H,54,55)/t31?,32-,35+,37?,39?,40+,42+;30?,31-,34+,36?,38?,39+,41+/m00/s1. The molecule has 0 spiro atoms. The van der Waals surface area contributed by atoms with Crippen molar-refractivity contribution in [3.63, 3.8) is 0 Å². The number of Topliss-reactive ketones (excluding diaryl/α,β-unsaturated/α-hetero) is 2. The number of ether oxygens (including phenoxy) is 5. The fraction of sp³-hybridized carbons (Fsp3) is 0.582. The van der Waals surface area contributed by atoms with E-state index in [4.69, 9.17) is 33.7 Å². The van der Waals surface area contributed by atoms with E-state index in [2.05, 4.69) is 75.8 Å². The van der Waals surface area contributed by atoms with E-state index in [1.807, 2.05) is 109 Å². The van der Waals surface area contributed by atoms with Gasteiger partial charge < -0.3 is 59.4 Å². The number of likely N-dealkylation sites (tertiary alicyclic amines) is 2. The van der Waals surface area contributed by atoms with E-state index in [1.54, 1.807) is 63.1 Å². The maximum Gasteiger partial charge on any atom is 0.306 e. The van der Waals surface area contributed by atoms with Crippen molar-refractivity contribution in [1.29, 1.82) is 0 Å². The predicted octanol–water partition coefficient (Wildman–Crippen LogP) is 15.3. The number of carboxylic acid groups (broad SMARTS) is 2. The van der Waals surface area contributed by atoms with Crippen LogP contribution in [0.2, 0.25) is 0 Å². The fourth-order valence-corrected chi connectivity index (χ4v) is 17.5. The highest BCUT2D eigenvalue weighted by molar-refractivity contribution is 7.10. The Morgan fingerprint density at radius 2 is 0.889 bits per heavy atom. The van der Waals surface area contributed by atoms with Crippen molar-refractivity contribution in [3.8, 4) is 11.5 Å². The number of carbonyl (C=O) groups excluding carboxylic acids is 6. The van der Waals surface area contributed by atoms with Gasteiger partial charge >= 0.3 is 11.9 Å². The summed E-state index contributed by atoms with van der Waals surface area (Å²) in [6, 6.07) is 31.9. The van der Waals surface area contributed by atoms with Gasteiger partial charge in [0.15, 0.2) is 11.6 Å². The van der Waals surface area contributed by atoms with Crippen molar-refractivity contribution in [1.82, 2.24) is 40.2 Å². The predicted molar refractivity (Wildman–Crippen MR) is 456 cm³/mol. The van der Waals surface area contributed by atoms with Gasteiger partial charge in [0, 0.05) is 99.8 Å². The highest BCUT2D eigenvalue weighted by Gasteiger charge is 2.42. The molecular weight excluding hydrogens is 1530 g/mol. The smallest absolute Gasteiger partial charge is 0.306 e. The molecule has 4 amide bonds. The van der Waals surface area contributed by atoms with Crippen molar-refractivity contribution in [3.05, 3.63) is 164 Å². The lowest BCUT2D eigenvalue weighted by atomic mass is 9.82. The molecule has 2 aliphatic rings. The van der Waals surface area contributed by atoms with Crippen LogP contribution >= 0.6 is 22.7 Å². The number of hydrogen-bond donors (Lipinski definition) is 5. The molecule has 0 saturated carbocycles. The molecule has 6 aromatic rings. The molecule has 2 aromatic heterocycles. The Bertz CT molecular complexity index is 4030. The number of ketones is 2. The van der Waals surface area contributed by atoms with Gasteiger partial charge in [-0.05, 0) is 149 Å². The normalized spacial score (nSPS) is 17.8. The summed E-state index contributed by atoms with van der Waals surface area (Å²) in [7, 11) is 8.68. The van der Waals surface area contributed by atoms with E-state index >= 15 is 9.59 Å². The van der Waals surface area contributed by atoms with Crippen LogP contribution in [-0.2, 0) is 73.6 Å². The minimum absolute atomic E-state index is 0.00765. The highest BCUT2D eigenvalue weighted by atomic mass is 32.1. The summed E-state index contributed by atoms with van der Waals surface area (Å²) in [5.41, 5.74) is 4.09. The molecule has 4 aromatic carbocycles. The van der Waals surface area contributed by atoms with E-state index < -0.39 is 71.7 Å². The van der Waals surface area contributed by atoms with E-state index in [0.717, 1.165) is 86.7 Å². The SMILES string of the molecule is CCC(C)C(CC(=O)C1CCCCN1C)C(=O)N(Cc1ccccc1)[C@H](C[C@@H](OCOC)c1nc(C(=O)N[C@@H](Cc2ccc(O)cc2)C[C@H](C)C(=O)O)cs1)C(C)C.CCC(C)C(CC(=O)C1CCCCN1C)C(=O)N(Cc1ccccc1)[C@H](C[C@@H](OCOC)c1nc(C(=O)N[C@@H](Cc2ccc(OC)cc2)C[C@H](C)C(=O)O)cs1)C(C)C. The molecule has 4 heterocycles. The Labute approximate surface area is 701 Å². The van der Waals surface area contributed by atoms with Crippen molar-refractivity contribution < 1.29 is 77.4 Å². The first-order valence-corrected chi connectivity index (χ1v) is 43.5. The van der Waals surface area contributed by atoms with Gasteiger partial charge in [-0.3, -0.25) is 48.2 Å². The Morgan fingerprint density at radius 1 is 0.513 bits per heavy atom. The van der Waals surface area contributed by atoms with Crippen LogP contribution in [0.5, 0.6) is 11.5 Å². The topological polar surface area (TPSA) is 306 Å². The van der Waals surface area contributed by atoms with Crippen molar-refractivity contribution in [2.75, 3.05) is 62.1 Å². The molecule has 26 heteroatoms. The van der Waals surface area contributed by atoms with Crippen LogP contribution in [0.1, 0.15) is 225 Å². The molecule has 0 bridgehead atoms. The van der Waals surface area contributed by atoms with Gasteiger partial charge in [0.25, 0.3) is 11.8 Å². The third-order valence-corrected chi connectivity index (χ3v) is 25.2. The number of aromatic nitrogens is 2. The van der Waals surface area contributed by atoms with Crippen molar-refractivity contribution in [2.45, 2.75) is 234 Å². The zero-order valence-corrected chi connectivity index (χ0v) is 73.1. The third kappa shape index (κ3) is 29.6. The van der Waals surface area contributed by atoms with Crippen LogP contribution < -0.4 is 15.4 Å². The van der Waals surface area contributed by atoms with E-state index in [0.29, 0.717) is 54.5 Å². The Kier molecular flexibility index (Phi) is 39.8. The third-order valence-electron chi connectivity index (χ3n) is 23.3. The molecule has 0 radical (unpaired) electrons. The highest BCUT2D eigenvalue weighted by Crippen LogP contribution is 2.38. The molecule has 642 valence electrons. The zero-order valence-electron chi connectivity index (χ0n) is 71.5. The number of phenolic OH excluding ortho intramolecular Hbond substituents is 1. The quantitative estimate of drug-likeness (QED) is 0.0222. The Morgan fingerprint density at radius 3 is 1.22 bits per heavy atom. The molecule has 2 fully saturated rings. The molecule has 2 saturated heterocycles. The summed E-state index contributed by atoms with van der Waals surface area (Å²) in [6.45, 7) is 22.2. The summed E-state index contributed by atoms with van der Waals surface area (Å²) in [5, 5.41) is 39.6. The Balaban J connectivity index is 0.000000323. The second kappa shape index (κ2) is 48.7. The number of likely N-dealkylation sites (N-methyl/N-ethyl adjacent to an activating group) is 2. The largest absolute Gasteiger partial charge is 0.508 e. The summed E-state index contributed by atoms with van der Waals surface area (Å²) in [6.07, 6.45) is 8.36. The summed E-state index contributed by atoms with van der Waals surface area (Å²) in [5.74, 6) is -4.22. The summed E-state index contributed by atoms with van der Waals surface area (Å²) >= 11 is 2.57. The first kappa shape index (κ1) is 95.8. The van der Waals surface area contributed by atoms with Gasteiger partial charge in [0.05, 0.1) is 31.0 Å². The maximum absolute atomic E-state index is 15.1. The summed E-state index contributed by atoms with van der Waals surface area (Å²) in [4.78, 5) is 127. The lowest BCUT2D eigenvalue weighted by Gasteiger charge is -2.40. The van der Waals surface area contributed by atoms with Crippen LogP contribution in [0.4, 0.5) is 0 Å². The van der Waals surface area contributed by atoms with E-state index in [1.165, 1.54) is 29.8 Å². The molecule has 2 aliphatic heterocycles. The lowest BCUT2D eigenvalue weighted by molar-refractivity contribution is -0.147. The number of rotatable bonds is 47. The number of aromatic hydroxyl groups is 1.